The average molecular weight is 340 g/mol. The van der Waals surface area contributed by atoms with Crippen molar-refractivity contribution >= 4 is 35.2 Å². The van der Waals surface area contributed by atoms with Gasteiger partial charge in [0.2, 0.25) is 5.91 Å². The lowest BCUT2D eigenvalue weighted by Gasteiger charge is -2.29. The van der Waals surface area contributed by atoms with Crippen molar-refractivity contribution in [3.63, 3.8) is 0 Å². The zero-order valence-electron chi connectivity index (χ0n) is 12.0. The van der Waals surface area contributed by atoms with E-state index in [4.69, 9.17) is 11.6 Å². The van der Waals surface area contributed by atoms with Crippen molar-refractivity contribution in [2.24, 2.45) is 5.92 Å². The van der Waals surface area contributed by atoms with Crippen LogP contribution in [0.4, 0.5) is 0 Å². The van der Waals surface area contributed by atoms with Gasteiger partial charge in [-0.1, -0.05) is 11.6 Å². The van der Waals surface area contributed by atoms with Gasteiger partial charge in [-0.2, -0.15) is 0 Å². The molecule has 1 aromatic rings. The molecule has 3 rings (SSSR count). The molecule has 0 saturated carbocycles. The number of thioether (sulfide) groups is 1. The summed E-state index contributed by atoms with van der Waals surface area (Å²) >= 11 is 7.45. The van der Waals surface area contributed by atoms with Crippen LogP contribution >= 0.6 is 23.4 Å². The molecule has 1 unspecified atom stereocenters. The summed E-state index contributed by atoms with van der Waals surface area (Å²) in [6.07, 6.45) is 0. The number of amides is 2. The first-order valence-electron chi connectivity index (χ1n) is 7.28. The van der Waals surface area contributed by atoms with Crippen LogP contribution < -0.4 is 10.6 Å². The molecule has 2 aliphatic heterocycles. The SMILES string of the molecule is O=C(NCC1CNC1)C1CSCN1C(=O)c1ccc(Cl)cc1. The Morgan fingerprint density at radius 3 is 2.68 bits per heavy atom. The van der Waals surface area contributed by atoms with Crippen LogP contribution in [0.25, 0.3) is 0 Å². The van der Waals surface area contributed by atoms with Crippen molar-refractivity contribution in [3.8, 4) is 0 Å². The van der Waals surface area contributed by atoms with E-state index in [-0.39, 0.29) is 17.9 Å². The largest absolute Gasteiger partial charge is 0.354 e. The van der Waals surface area contributed by atoms with Gasteiger partial charge in [0, 0.05) is 41.9 Å². The number of hydrogen-bond acceptors (Lipinski definition) is 4. The first-order valence-corrected chi connectivity index (χ1v) is 8.81. The fraction of sp³-hybridized carbons (Fsp3) is 0.467. The fourth-order valence-corrected chi connectivity index (χ4v) is 3.75. The smallest absolute Gasteiger partial charge is 0.255 e. The van der Waals surface area contributed by atoms with Crippen LogP contribution in [-0.2, 0) is 4.79 Å². The zero-order valence-corrected chi connectivity index (χ0v) is 13.6. The molecule has 0 aliphatic carbocycles. The second kappa shape index (κ2) is 6.89. The normalized spacial score (nSPS) is 21.5. The fourth-order valence-electron chi connectivity index (χ4n) is 2.47. The van der Waals surface area contributed by atoms with Crippen LogP contribution in [0, 0.1) is 5.92 Å². The molecule has 2 aliphatic rings. The van der Waals surface area contributed by atoms with Gasteiger partial charge in [-0.05, 0) is 24.3 Å². The van der Waals surface area contributed by atoms with Crippen molar-refractivity contribution in [1.82, 2.24) is 15.5 Å². The van der Waals surface area contributed by atoms with E-state index in [0.29, 0.717) is 34.7 Å². The van der Waals surface area contributed by atoms with Crippen molar-refractivity contribution in [2.75, 3.05) is 31.3 Å². The molecule has 2 saturated heterocycles. The van der Waals surface area contributed by atoms with E-state index >= 15 is 0 Å². The Bertz CT molecular complexity index is 562. The zero-order chi connectivity index (χ0) is 15.5. The Morgan fingerprint density at radius 1 is 1.32 bits per heavy atom. The molecule has 22 heavy (non-hydrogen) atoms. The molecule has 5 nitrogen and oxygen atoms in total. The summed E-state index contributed by atoms with van der Waals surface area (Å²) in [5, 5.41) is 6.73. The van der Waals surface area contributed by atoms with E-state index in [1.165, 1.54) is 0 Å². The number of nitrogens with zero attached hydrogens (tertiary/aromatic N) is 1. The second-order valence-electron chi connectivity index (χ2n) is 5.57. The molecule has 2 amide bonds. The summed E-state index contributed by atoms with van der Waals surface area (Å²) in [7, 11) is 0. The number of carbonyl (C=O) groups excluding carboxylic acids is 2. The van der Waals surface area contributed by atoms with Crippen molar-refractivity contribution in [3.05, 3.63) is 34.9 Å². The quantitative estimate of drug-likeness (QED) is 0.865. The van der Waals surface area contributed by atoms with E-state index < -0.39 is 0 Å². The second-order valence-corrected chi connectivity index (χ2v) is 7.00. The number of benzene rings is 1. The summed E-state index contributed by atoms with van der Waals surface area (Å²) in [5.74, 6) is 1.53. The van der Waals surface area contributed by atoms with E-state index in [2.05, 4.69) is 10.6 Å². The predicted molar refractivity (Wildman–Crippen MR) is 88.1 cm³/mol. The number of hydrogen-bond donors (Lipinski definition) is 2. The number of halogens is 1. The van der Waals surface area contributed by atoms with Gasteiger partial charge >= 0.3 is 0 Å². The standard InChI is InChI=1S/C15H18ClN3O2S/c16-12-3-1-11(2-4-12)15(21)19-9-22-8-13(19)14(20)18-7-10-5-17-6-10/h1-4,10,13,17H,5-9H2,(H,18,20). The minimum Gasteiger partial charge on any atom is -0.354 e. The summed E-state index contributed by atoms with van der Waals surface area (Å²) < 4.78 is 0. The van der Waals surface area contributed by atoms with Gasteiger partial charge in [0.1, 0.15) is 6.04 Å². The third-order valence-electron chi connectivity index (χ3n) is 3.97. The summed E-state index contributed by atoms with van der Waals surface area (Å²) in [6.45, 7) is 2.58. The van der Waals surface area contributed by atoms with E-state index in [9.17, 15) is 9.59 Å². The van der Waals surface area contributed by atoms with Crippen LogP contribution in [0.1, 0.15) is 10.4 Å². The molecular formula is C15H18ClN3O2S. The monoisotopic (exact) mass is 339 g/mol. The Morgan fingerprint density at radius 2 is 2.05 bits per heavy atom. The predicted octanol–water partition coefficient (Wildman–Crippen LogP) is 1.19. The molecule has 0 radical (unpaired) electrons. The Kier molecular flexibility index (Phi) is 4.90. The molecule has 1 atom stereocenters. The van der Waals surface area contributed by atoms with Gasteiger partial charge in [-0.15, -0.1) is 11.8 Å². The Labute approximate surface area is 138 Å². The van der Waals surface area contributed by atoms with Crippen LogP contribution in [-0.4, -0.2) is 54.0 Å². The van der Waals surface area contributed by atoms with Gasteiger partial charge in [-0.3, -0.25) is 9.59 Å². The minimum absolute atomic E-state index is 0.0563. The molecule has 2 heterocycles. The first kappa shape index (κ1) is 15.6. The number of nitrogens with one attached hydrogen (secondary N) is 2. The Balaban J connectivity index is 1.62. The van der Waals surface area contributed by atoms with Gasteiger partial charge in [-0.25, -0.2) is 0 Å². The maximum absolute atomic E-state index is 12.6. The van der Waals surface area contributed by atoms with E-state index in [1.54, 1.807) is 40.9 Å². The highest BCUT2D eigenvalue weighted by molar-refractivity contribution is 7.99. The van der Waals surface area contributed by atoms with Crippen molar-refractivity contribution < 1.29 is 9.59 Å². The molecule has 2 fully saturated rings. The maximum Gasteiger partial charge on any atom is 0.255 e. The molecule has 118 valence electrons. The summed E-state index contributed by atoms with van der Waals surface area (Å²) in [5.41, 5.74) is 0.563. The number of rotatable bonds is 4. The van der Waals surface area contributed by atoms with Crippen LogP contribution in [0.15, 0.2) is 24.3 Å². The first-order chi connectivity index (χ1) is 10.6. The van der Waals surface area contributed by atoms with Crippen molar-refractivity contribution in [2.45, 2.75) is 6.04 Å². The lowest BCUT2D eigenvalue weighted by atomic mass is 10.0. The highest BCUT2D eigenvalue weighted by Crippen LogP contribution is 2.24. The topological polar surface area (TPSA) is 61.4 Å². The lowest BCUT2D eigenvalue weighted by Crippen LogP contribution is -2.52. The van der Waals surface area contributed by atoms with Crippen molar-refractivity contribution in [1.29, 1.82) is 0 Å². The van der Waals surface area contributed by atoms with Crippen LogP contribution in [0.3, 0.4) is 0 Å². The number of carbonyl (C=O) groups is 2. The average Bonchev–Trinajstić information content (AvgIpc) is 2.95. The molecule has 0 spiro atoms. The molecule has 1 aromatic carbocycles. The van der Waals surface area contributed by atoms with Crippen LogP contribution in [0.2, 0.25) is 5.02 Å². The summed E-state index contributed by atoms with van der Waals surface area (Å²) in [6, 6.07) is 6.39. The molecule has 0 bridgehead atoms. The van der Waals surface area contributed by atoms with Gasteiger partial charge in [0.15, 0.2) is 0 Å². The highest BCUT2D eigenvalue weighted by Gasteiger charge is 2.35. The van der Waals surface area contributed by atoms with Gasteiger partial charge < -0.3 is 15.5 Å². The minimum atomic E-state index is -0.388. The third kappa shape index (κ3) is 3.39. The molecule has 2 N–H and O–H groups in total. The van der Waals surface area contributed by atoms with Crippen LogP contribution in [0.5, 0.6) is 0 Å². The van der Waals surface area contributed by atoms with E-state index in [1.807, 2.05) is 0 Å². The summed E-state index contributed by atoms with van der Waals surface area (Å²) in [4.78, 5) is 26.5. The highest BCUT2D eigenvalue weighted by atomic mass is 35.5. The van der Waals surface area contributed by atoms with E-state index in [0.717, 1.165) is 13.1 Å². The molecular weight excluding hydrogens is 322 g/mol. The Hall–Kier alpha value is -1.24. The third-order valence-corrected chi connectivity index (χ3v) is 5.23. The van der Waals surface area contributed by atoms with Gasteiger partial charge in [0.25, 0.3) is 5.91 Å². The van der Waals surface area contributed by atoms with Gasteiger partial charge in [0.05, 0.1) is 5.88 Å². The molecule has 7 heteroatoms. The molecule has 0 aromatic heterocycles. The lowest BCUT2D eigenvalue weighted by molar-refractivity contribution is -0.124. The maximum atomic E-state index is 12.6.